The molecule has 2 atom stereocenters. The molecule has 2 aromatic rings. The molecular formula is C28H39N7O3. The maximum atomic E-state index is 13.2. The van der Waals surface area contributed by atoms with E-state index in [1.165, 1.54) is 6.42 Å². The van der Waals surface area contributed by atoms with Crippen molar-refractivity contribution in [3.8, 4) is 11.5 Å². The lowest BCUT2D eigenvalue weighted by molar-refractivity contribution is -0.123. The standard InChI is InChI=1S/C28H39N7O3/c1-3-4-12-33-14-15-35(28(2)8-10-31-27(32-28)34-13-11-29-21-34)23(20-33)19-26(36)30-9-7-22-5-6-24-25(18-22)38-17-16-37-24/h5-6,8,10-11,13,18,21,23H,3-4,7,9,12,14-17,19-20H2,1-2H3,(H,30,36)(H,31,32). The molecule has 0 saturated carbocycles. The Morgan fingerprint density at radius 3 is 2.92 bits per heavy atom. The maximum Gasteiger partial charge on any atom is 0.221 e. The zero-order valence-corrected chi connectivity index (χ0v) is 22.4. The molecule has 3 aliphatic heterocycles. The number of hydrogen-bond donors (Lipinski definition) is 2. The highest BCUT2D eigenvalue weighted by molar-refractivity contribution is 5.84. The van der Waals surface area contributed by atoms with Crippen LogP contribution in [0.4, 0.5) is 0 Å². The molecule has 204 valence electrons. The molecule has 38 heavy (non-hydrogen) atoms. The summed E-state index contributed by atoms with van der Waals surface area (Å²) < 4.78 is 13.2. The van der Waals surface area contributed by atoms with Crippen molar-refractivity contribution >= 4 is 11.9 Å². The minimum Gasteiger partial charge on any atom is -0.486 e. The Hall–Kier alpha value is -3.37. The number of aliphatic imine (C=N–C) groups is 1. The number of amides is 1. The van der Waals surface area contributed by atoms with Crippen LogP contribution in [0.1, 0.15) is 38.7 Å². The molecule has 2 N–H and O–H groups in total. The largest absolute Gasteiger partial charge is 0.486 e. The molecule has 10 heteroatoms. The Bertz CT molecular complexity index is 1150. The SMILES string of the molecule is CCCCN1CCN(C2(C)C=CNC(n3ccnc3)=N2)C(CC(=O)NCCc2ccc3c(c2)OCCO3)C1. The minimum atomic E-state index is -0.558. The van der Waals surface area contributed by atoms with E-state index in [1.807, 2.05) is 35.2 Å². The van der Waals surface area contributed by atoms with Gasteiger partial charge in [0.25, 0.3) is 0 Å². The fourth-order valence-electron chi connectivity index (χ4n) is 5.39. The maximum absolute atomic E-state index is 13.2. The smallest absolute Gasteiger partial charge is 0.221 e. The molecule has 1 amide bonds. The van der Waals surface area contributed by atoms with Crippen LogP contribution in [0.3, 0.4) is 0 Å². The number of nitrogens with zero attached hydrogens (tertiary/aromatic N) is 5. The lowest BCUT2D eigenvalue weighted by atomic mass is 10.0. The monoisotopic (exact) mass is 521 g/mol. The van der Waals surface area contributed by atoms with E-state index in [4.69, 9.17) is 14.5 Å². The summed E-state index contributed by atoms with van der Waals surface area (Å²) in [6.07, 6.45) is 12.9. The first kappa shape index (κ1) is 26.2. The van der Waals surface area contributed by atoms with Crippen molar-refractivity contribution in [3.63, 3.8) is 0 Å². The number of rotatable bonds is 9. The minimum absolute atomic E-state index is 0.0513. The molecule has 3 aliphatic rings. The molecule has 0 spiro atoms. The number of fused-ring (bicyclic) bond motifs is 1. The van der Waals surface area contributed by atoms with E-state index in [1.54, 1.807) is 12.5 Å². The van der Waals surface area contributed by atoms with Crippen molar-refractivity contribution in [2.75, 3.05) is 45.9 Å². The van der Waals surface area contributed by atoms with Gasteiger partial charge < -0.3 is 25.0 Å². The van der Waals surface area contributed by atoms with Crippen LogP contribution in [-0.2, 0) is 11.2 Å². The number of carbonyl (C=O) groups excluding carboxylic acids is 1. The summed E-state index contributed by atoms with van der Waals surface area (Å²) in [5.41, 5.74) is 0.561. The van der Waals surface area contributed by atoms with E-state index in [0.717, 1.165) is 62.0 Å². The van der Waals surface area contributed by atoms with Gasteiger partial charge in [0.15, 0.2) is 11.5 Å². The average molecular weight is 522 g/mol. The van der Waals surface area contributed by atoms with Crippen LogP contribution in [-0.4, -0.2) is 88.9 Å². The molecule has 0 radical (unpaired) electrons. The fraction of sp³-hybridized carbons (Fsp3) is 0.536. The van der Waals surface area contributed by atoms with E-state index < -0.39 is 5.66 Å². The quantitative estimate of drug-likeness (QED) is 0.522. The predicted molar refractivity (Wildman–Crippen MR) is 146 cm³/mol. The first-order valence-electron chi connectivity index (χ1n) is 13.7. The topological polar surface area (TPSA) is 96.2 Å². The molecule has 10 nitrogen and oxygen atoms in total. The van der Waals surface area contributed by atoms with E-state index in [2.05, 4.69) is 45.3 Å². The van der Waals surface area contributed by atoms with Crippen LogP contribution in [0.2, 0.25) is 0 Å². The number of nitrogens with one attached hydrogen (secondary N) is 2. The Morgan fingerprint density at radius 1 is 1.24 bits per heavy atom. The summed E-state index contributed by atoms with van der Waals surface area (Å²) in [7, 11) is 0. The summed E-state index contributed by atoms with van der Waals surface area (Å²) in [5, 5.41) is 6.38. The third kappa shape index (κ3) is 6.19. The second-order valence-corrected chi connectivity index (χ2v) is 10.3. The molecule has 5 rings (SSSR count). The molecule has 4 heterocycles. The number of hydrogen-bond acceptors (Lipinski definition) is 8. The second-order valence-electron chi connectivity index (χ2n) is 10.3. The van der Waals surface area contributed by atoms with E-state index >= 15 is 0 Å². The van der Waals surface area contributed by atoms with Crippen molar-refractivity contribution in [3.05, 3.63) is 54.8 Å². The molecule has 2 unspecified atom stereocenters. The van der Waals surface area contributed by atoms with Crippen LogP contribution in [0.5, 0.6) is 11.5 Å². The van der Waals surface area contributed by atoms with Crippen molar-refractivity contribution < 1.29 is 14.3 Å². The van der Waals surface area contributed by atoms with Gasteiger partial charge in [0.1, 0.15) is 25.2 Å². The van der Waals surface area contributed by atoms with Gasteiger partial charge in [0, 0.05) is 57.2 Å². The van der Waals surface area contributed by atoms with Crippen molar-refractivity contribution in [2.24, 2.45) is 4.99 Å². The van der Waals surface area contributed by atoms with Crippen molar-refractivity contribution in [1.29, 1.82) is 0 Å². The lowest BCUT2D eigenvalue weighted by Gasteiger charge is -2.48. The predicted octanol–water partition coefficient (Wildman–Crippen LogP) is 2.23. The fourth-order valence-corrected chi connectivity index (χ4v) is 5.39. The van der Waals surface area contributed by atoms with Crippen LogP contribution in [0.25, 0.3) is 0 Å². The first-order chi connectivity index (χ1) is 18.5. The van der Waals surface area contributed by atoms with Gasteiger partial charge >= 0.3 is 0 Å². The molecule has 0 aliphatic carbocycles. The van der Waals surface area contributed by atoms with Gasteiger partial charge in [-0.15, -0.1) is 0 Å². The molecule has 1 aromatic carbocycles. The van der Waals surface area contributed by atoms with Crippen LogP contribution >= 0.6 is 0 Å². The Balaban J connectivity index is 1.23. The average Bonchev–Trinajstić information content (AvgIpc) is 3.47. The normalized spacial score (nSPS) is 23.5. The van der Waals surface area contributed by atoms with Gasteiger partial charge in [-0.25, -0.2) is 9.98 Å². The van der Waals surface area contributed by atoms with Gasteiger partial charge in [-0.05, 0) is 50.1 Å². The summed E-state index contributed by atoms with van der Waals surface area (Å²) >= 11 is 0. The van der Waals surface area contributed by atoms with Gasteiger partial charge in [0.05, 0.1) is 0 Å². The highest BCUT2D eigenvalue weighted by Gasteiger charge is 2.40. The third-order valence-electron chi connectivity index (χ3n) is 7.43. The van der Waals surface area contributed by atoms with E-state index in [-0.39, 0.29) is 11.9 Å². The van der Waals surface area contributed by atoms with Crippen LogP contribution < -0.4 is 20.1 Å². The zero-order valence-electron chi connectivity index (χ0n) is 22.4. The van der Waals surface area contributed by atoms with E-state index in [9.17, 15) is 4.79 Å². The van der Waals surface area contributed by atoms with Crippen molar-refractivity contribution in [1.82, 2.24) is 30.0 Å². The second kappa shape index (κ2) is 12.0. The number of imidazole rings is 1. The molecule has 1 saturated heterocycles. The number of piperazine rings is 1. The summed E-state index contributed by atoms with van der Waals surface area (Å²) in [6, 6.07) is 6.04. The number of benzene rings is 1. The molecule has 1 fully saturated rings. The highest BCUT2D eigenvalue weighted by atomic mass is 16.6. The summed E-state index contributed by atoms with van der Waals surface area (Å²) in [4.78, 5) is 27.2. The third-order valence-corrected chi connectivity index (χ3v) is 7.43. The Morgan fingerprint density at radius 2 is 2.11 bits per heavy atom. The highest BCUT2D eigenvalue weighted by Crippen LogP contribution is 2.31. The molecule has 0 bridgehead atoms. The van der Waals surface area contributed by atoms with Crippen LogP contribution in [0.15, 0.2) is 54.2 Å². The number of aromatic nitrogens is 2. The first-order valence-corrected chi connectivity index (χ1v) is 13.7. The Kier molecular flexibility index (Phi) is 8.29. The van der Waals surface area contributed by atoms with Gasteiger partial charge in [-0.3, -0.25) is 14.3 Å². The van der Waals surface area contributed by atoms with Crippen LogP contribution in [0, 0.1) is 0 Å². The van der Waals surface area contributed by atoms with Gasteiger partial charge in [-0.2, -0.15) is 0 Å². The number of ether oxygens (including phenoxy) is 2. The van der Waals surface area contributed by atoms with Gasteiger partial charge in [0.2, 0.25) is 11.9 Å². The summed E-state index contributed by atoms with van der Waals surface area (Å²) in [6.45, 7) is 9.79. The molecular weight excluding hydrogens is 482 g/mol. The van der Waals surface area contributed by atoms with E-state index in [0.29, 0.717) is 26.2 Å². The number of carbonyl (C=O) groups is 1. The Labute approximate surface area is 224 Å². The number of unbranched alkanes of at least 4 members (excludes halogenated alkanes) is 1. The van der Waals surface area contributed by atoms with Crippen molar-refractivity contribution in [2.45, 2.75) is 51.2 Å². The lowest BCUT2D eigenvalue weighted by Crippen LogP contribution is -2.62. The molecule has 1 aromatic heterocycles. The zero-order chi connectivity index (χ0) is 26.4. The summed E-state index contributed by atoms with van der Waals surface area (Å²) in [5.74, 6) is 2.36. The van der Waals surface area contributed by atoms with Gasteiger partial charge in [-0.1, -0.05) is 19.4 Å².